The number of carbonyl (C=O) groups is 2. The lowest BCUT2D eigenvalue weighted by molar-refractivity contribution is -0.136. The number of H-pyrrole nitrogens is 1. The van der Waals surface area contributed by atoms with Gasteiger partial charge in [0.25, 0.3) is 5.56 Å². The molecule has 1 aliphatic heterocycles. The maximum absolute atomic E-state index is 12.9. The molecule has 158 valence electrons. The molecule has 2 amide bonds. The van der Waals surface area contributed by atoms with Crippen molar-refractivity contribution in [3.63, 3.8) is 0 Å². The Labute approximate surface area is 173 Å². The van der Waals surface area contributed by atoms with E-state index in [-0.39, 0.29) is 49.8 Å². The Bertz CT molecular complexity index is 986. The Balaban J connectivity index is 0.00000300. The van der Waals surface area contributed by atoms with Gasteiger partial charge in [0, 0.05) is 32.1 Å². The minimum atomic E-state index is -0.609. The third kappa shape index (κ3) is 5.24. The topological polar surface area (TPSA) is 130 Å². The van der Waals surface area contributed by atoms with Gasteiger partial charge in [-0.25, -0.2) is 4.79 Å². The van der Waals surface area contributed by atoms with Crippen LogP contribution in [0.1, 0.15) is 25.7 Å². The van der Waals surface area contributed by atoms with Gasteiger partial charge in [-0.05, 0) is 31.4 Å². The van der Waals surface area contributed by atoms with Crippen LogP contribution in [0.3, 0.4) is 0 Å². The van der Waals surface area contributed by atoms with E-state index in [0.29, 0.717) is 24.0 Å². The van der Waals surface area contributed by atoms with Crippen molar-refractivity contribution in [1.29, 1.82) is 0 Å². The van der Waals surface area contributed by atoms with Crippen LogP contribution in [0.25, 0.3) is 10.9 Å². The number of aromatic nitrogens is 2. The standard InChI is InChI=1S/C19H25N5O4.ClH/c20-9-8-16(25)21-11-13-5-3-4-10-23(13)17(26)12-24-18(27)14-6-1-2-7-15(14)22-19(24)28;/h1-2,6-7,13H,3-5,8-12,20H2,(H,21,25)(H,22,28);1H. The summed E-state index contributed by atoms with van der Waals surface area (Å²) in [6.07, 6.45) is 2.81. The number of benzene rings is 1. The van der Waals surface area contributed by atoms with Crippen molar-refractivity contribution in [3.8, 4) is 0 Å². The number of nitrogens with two attached hydrogens (primary N) is 1. The molecule has 2 aromatic rings. The first-order valence-electron chi connectivity index (χ1n) is 9.49. The van der Waals surface area contributed by atoms with E-state index in [9.17, 15) is 19.2 Å². The normalized spacial score (nSPS) is 16.3. The van der Waals surface area contributed by atoms with Crippen molar-refractivity contribution in [3.05, 3.63) is 45.1 Å². The lowest BCUT2D eigenvalue weighted by Gasteiger charge is -2.36. The predicted molar refractivity (Wildman–Crippen MR) is 112 cm³/mol. The van der Waals surface area contributed by atoms with Gasteiger partial charge >= 0.3 is 5.69 Å². The van der Waals surface area contributed by atoms with Gasteiger partial charge < -0.3 is 20.9 Å². The zero-order valence-corrected chi connectivity index (χ0v) is 16.9. The van der Waals surface area contributed by atoms with Crippen molar-refractivity contribution >= 4 is 35.1 Å². The molecule has 0 saturated carbocycles. The highest BCUT2D eigenvalue weighted by Crippen LogP contribution is 2.17. The number of hydrogen-bond acceptors (Lipinski definition) is 5. The molecule has 1 aromatic heterocycles. The Morgan fingerprint density at radius 1 is 1.21 bits per heavy atom. The first kappa shape index (κ1) is 22.6. The van der Waals surface area contributed by atoms with Crippen LogP contribution in [-0.2, 0) is 16.1 Å². The van der Waals surface area contributed by atoms with E-state index < -0.39 is 11.2 Å². The summed E-state index contributed by atoms with van der Waals surface area (Å²) < 4.78 is 0.934. The van der Waals surface area contributed by atoms with Gasteiger partial charge in [0.05, 0.1) is 10.9 Å². The number of likely N-dealkylation sites (tertiary alicyclic amines) is 1. The van der Waals surface area contributed by atoms with Crippen LogP contribution in [0.2, 0.25) is 0 Å². The average Bonchev–Trinajstić information content (AvgIpc) is 2.70. The number of para-hydroxylation sites is 1. The lowest BCUT2D eigenvalue weighted by atomic mass is 10.0. The van der Waals surface area contributed by atoms with Crippen LogP contribution in [0.5, 0.6) is 0 Å². The number of nitrogens with zero attached hydrogens (tertiary/aromatic N) is 2. The molecule has 0 radical (unpaired) electrons. The van der Waals surface area contributed by atoms with Gasteiger partial charge in [0.1, 0.15) is 6.54 Å². The molecule has 1 unspecified atom stereocenters. The smallest absolute Gasteiger partial charge is 0.329 e. The molecule has 0 bridgehead atoms. The maximum Gasteiger partial charge on any atom is 0.329 e. The van der Waals surface area contributed by atoms with E-state index >= 15 is 0 Å². The second-order valence-corrected chi connectivity index (χ2v) is 6.95. The second-order valence-electron chi connectivity index (χ2n) is 6.95. The quantitative estimate of drug-likeness (QED) is 0.600. The fourth-order valence-electron chi connectivity index (χ4n) is 3.56. The van der Waals surface area contributed by atoms with Crippen LogP contribution in [0, 0.1) is 0 Å². The zero-order chi connectivity index (χ0) is 20.1. The van der Waals surface area contributed by atoms with E-state index in [4.69, 9.17) is 5.73 Å². The number of aromatic amines is 1. The van der Waals surface area contributed by atoms with E-state index in [1.807, 2.05) is 0 Å². The average molecular weight is 424 g/mol. The summed E-state index contributed by atoms with van der Waals surface area (Å²) in [7, 11) is 0. The minimum absolute atomic E-state index is 0. The molecule has 4 N–H and O–H groups in total. The molecule has 0 aliphatic carbocycles. The zero-order valence-electron chi connectivity index (χ0n) is 16.1. The van der Waals surface area contributed by atoms with Crippen LogP contribution >= 0.6 is 12.4 Å². The molecular weight excluding hydrogens is 398 g/mol. The van der Waals surface area contributed by atoms with Gasteiger partial charge in [0.2, 0.25) is 11.8 Å². The third-order valence-electron chi connectivity index (χ3n) is 5.04. The summed E-state index contributed by atoms with van der Waals surface area (Å²) in [5, 5.41) is 3.16. The molecule has 1 aliphatic rings. The molecule has 29 heavy (non-hydrogen) atoms. The predicted octanol–water partition coefficient (Wildman–Crippen LogP) is -0.0423. The van der Waals surface area contributed by atoms with Gasteiger partial charge in [-0.3, -0.25) is 19.0 Å². The molecule has 1 aromatic carbocycles. The van der Waals surface area contributed by atoms with Crippen LogP contribution in [-0.4, -0.2) is 51.9 Å². The number of nitrogens with one attached hydrogen (secondary N) is 2. The Hall–Kier alpha value is -2.65. The number of hydrogen-bond donors (Lipinski definition) is 3. The van der Waals surface area contributed by atoms with E-state index in [1.54, 1.807) is 29.2 Å². The number of rotatable bonds is 6. The van der Waals surface area contributed by atoms with Crippen molar-refractivity contribution in [2.24, 2.45) is 5.73 Å². The number of halogens is 1. The van der Waals surface area contributed by atoms with Gasteiger partial charge in [0.15, 0.2) is 0 Å². The van der Waals surface area contributed by atoms with Crippen molar-refractivity contribution < 1.29 is 9.59 Å². The molecule has 10 heteroatoms. The fourth-order valence-corrected chi connectivity index (χ4v) is 3.56. The highest BCUT2D eigenvalue weighted by molar-refractivity contribution is 5.85. The Morgan fingerprint density at radius 2 is 1.97 bits per heavy atom. The summed E-state index contributed by atoms with van der Waals surface area (Å²) in [5.41, 5.74) is 4.72. The fraction of sp³-hybridized carbons (Fsp3) is 0.474. The molecule has 0 spiro atoms. The van der Waals surface area contributed by atoms with E-state index in [0.717, 1.165) is 23.8 Å². The SMILES string of the molecule is Cl.NCCC(=O)NCC1CCCCN1C(=O)Cn1c(=O)[nH]c2ccccc2c1=O. The van der Waals surface area contributed by atoms with Crippen molar-refractivity contribution in [2.75, 3.05) is 19.6 Å². The summed E-state index contributed by atoms with van der Waals surface area (Å²) in [5.74, 6) is -0.455. The molecular formula is C19H26ClN5O4. The first-order valence-corrected chi connectivity index (χ1v) is 9.49. The Kier molecular flexibility index (Phi) is 7.98. The molecule has 2 heterocycles. The van der Waals surface area contributed by atoms with E-state index in [2.05, 4.69) is 10.3 Å². The largest absolute Gasteiger partial charge is 0.354 e. The van der Waals surface area contributed by atoms with Gasteiger partial charge in [-0.15, -0.1) is 12.4 Å². The van der Waals surface area contributed by atoms with Crippen LogP contribution in [0.15, 0.2) is 33.9 Å². The van der Waals surface area contributed by atoms with E-state index in [1.165, 1.54) is 0 Å². The number of piperidine rings is 1. The minimum Gasteiger partial charge on any atom is -0.354 e. The summed E-state index contributed by atoms with van der Waals surface area (Å²) in [6.45, 7) is 0.823. The van der Waals surface area contributed by atoms with Crippen LogP contribution in [0.4, 0.5) is 0 Å². The summed E-state index contributed by atoms with van der Waals surface area (Å²) in [6, 6.07) is 6.54. The monoisotopic (exact) mass is 423 g/mol. The number of amides is 2. The van der Waals surface area contributed by atoms with Gasteiger partial charge in [-0.2, -0.15) is 0 Å². The lowest BCUT2D eigenvalue weighted by Crippen LogP contribution is -2.52. The first-order chi connectivity index (χ1) is 13.5. The number of fused-ring (bicyclic) bond motifs is 1. The molecule has 1 fully saturated rings. The van der Waals surface area contributed by atoms with Crippen molar-refractivity contribution in [2.45, 2.75) is 38.3 Å². The molecule has 1 atom stereocenters. The Morgan fingerprint density at radius 3 is 2.72 bits per heavy atom. The second kappa shape index (κ2) is 10.2. The molecule has 1 saturated heterocycles. The molecule has 3 rings (SSSR count). The highest BCUT2D eigenvalue weighted by Gasteiger charge is 2.27. The summed E-state index contributed by atoms with van der Waals surface area (Å²) in [4.78, 5) is 53.8. The molecule has 9 nitrogen and oxygen atoms in total. The third-order valence-corrected chi connectivity index (χ3v) is 5.04. The maximum atomic E-state index is 12.9. The number of carbonyl (C=O) groups excluding carboxylic acids is 2. The highest BCUT2D eigenvalue weighted by atomic mass is 35.5. The van der Waals surface area contributed by atoms with Crippen molar-refractivity contribution in [1.82, 2.24) is 19.8 Å². The van der Waals surface area contributed by atoms with Crippen LogP contribution < -0.4 is 22.3 Å². The van der Waals surface area contributed by atoms with Gasteiger partial charge in [-0.1, -0.05) is 12.1 Å². The summed E-state index contributed by atoms with van der Waals surface area (Å²) >= 11 is 0.